The minimum absolute atomic E-state index is 0. The molecule has 0 heterocycles. The molecule has 0 aliphatic heterocycles. The van der Waals surface area contributed by atoms with Crippen molar-refractivity contribution < 1.29 is 69.5 Å². The zero-order valence-corrected chi connectivity index (χ0v) is 19.4. The first-order valence-corrected chi connectivity index (χ1v) is 10.5. The van der Waals surface area contributed by atoms with Gasteiger partial charge in [-0.15, -0.1) is 0 Å². The molecule has 23 heavy (non-hydrogen) atoms. The molecule has 6 heteroatoms. The van der Waals surface area contributed by atoms with Gasteiger partial charge >= 0.3 is 51.4 Å². The molecule has 2 unspecified atom stereocenters. The van der Waals surface area contributed by atoms with E-state index in [1.165, 1.54) is 25.7 Å². The maximum Gasteiger partial charge on any atom is 1.00 e. The van der Waals surface area contributed by atoms with Crippen molar-refractivity contribution in [2.45, 2.75) is 109 Å². The van der Waals surface area contributed by atoms with Crippen LogP contribution < -0.4 is 51.4 Å². The third-order valence-electron chi connectivity index (χ3n) is 4.25. The second kappa shape index (κ2) is 16.9. The Balaban J connectivity index is 0. The molecule has 0 saturated carbocycles. The van der Waals surface area contributed by atoms with Crippen LogP contribution in [-0.4, -0.2) is 29.4 Å². The van der Waals surface area contributed by atoms with Crippen LogP contribution in [0.25, 0.3) is 0 Å². The van der Waals surface area contributed by atoms with Crippen LogP contribution in [0.1, 0.15) is 97.3 Å². The van der Waals surface area contributed by atoms with Crippen molar-refractivity contribution in [3.8, 4) is 0 Å². The molecule has 1 N–H and O–H groups in total. The third kappa shape index (κ3) is 16.7. The van der Waals surface area contributed by atoms with Gasteiger partial charge in [0, 0.05) is 5.25 Å². The number of hydrogen-bond donors (Lipinski definition) is 1. The molecule has 0 fully saturated rings. The van der Waals surface area contributed by atoms with E-state index in [9.17, 15) is 18.1 Å². The normalized spacial score (nSPS) is 14.3. The fraction of sp³-hybridized carbons (Fsp3) is 1.00. The minimum Gasteiger partial charge on any atom is -0.748 e. The largest absolute Gasteiger partial charge is 1.00 e. The fourth-order valence-electron chi connectivity index (χ4n) is 2.72. The first-order valence-electron chi connectivity index (χ1n) is 9.04. The van der Waals surface area contributed by atoms with E-state index in [1.807, 2.05) is 0 Å². The SMILES string of the molecule is CCCCCCCCCC(CCC(O)CCCC)S(=O)(=O)[O-].[K+]. The predicted molar refractivity (Wildman–Crippen MR) is 90.9 cm³/mol. The summed E-state index contributed by atoms with van der Waals surface area (Å²) in [6.07, 6.45) is 11.1. The molecule has 0 aromatic carbocycles. The molecule has 2 atom stereocenters. The Bertz CT molecular complexity index is 347. The summed E-state index contributed by atoms with van der Waals surface area (Å²) < 4.78 is 34.0. The Morgan fingerprint density at radius 1 is 0.783 bits per heavy atom. The van der Waals surface area contributed by atoms with Crippen LogP contribution in [0.4, 0.5) is 0 Å². The van der Waals surface area contributed by atoms with Gasteiger partial charge in [-0.3, -0.25) is 0 Å². The summed E-state index contributed by atoms with van der Waals surface area (Å²) in [5.41, 5.74) is 0. The van der Waals surface area contributed by atoms with Crippen molar-refractivity contribution in [3.05, 3.63) is 0 Å². The Morgan fingerprint density at radius 3 is 1.83 bits per heavy atom. The van der Waals surface area contributed by atoms with E-state index in [0.29, 0.717) is 25.7 Å². The first-order chi connectivity index (χ1) is 10.4. The van der Waals surface area contributed by atoms with Gasteiger partial charge in [-0.05, 0) is 25.7 Å². The minimum atomic E-state index is -4.24. The van der Waals surface area contributed by atoms with Gasteiger partial charge in [0.15, 0.2) is 0 Å². The number of aliphatic hydroxyl groups excluding tert-OH is 1. The van der Waals surface area contributed by atoms with Crippen molar-refractivity contribution in [2.75, 3.05) is 0 Å². The summed E-state index contributed by atoms with van der Waals surface area (Å²) in [5.74, 6) is 0. The molecule has 0 amide bonds. The number of hydrogen-bond acceptors (Lipinski definition) is 4. The summed E-state index contributed by atoms with van der Waals surface area (Å²) in [6, 6.07) is 0. The van der Waals surface area contributed by atoms with Crippen molar-refractivity contribution in [1.82, 2.24) is 0 Å². The molecule has 0 aromatic heterocycles. The van der Waals surface area contributed by atoms with Crippen LogP contribution in [0.5, 0.6) is 0 Å². The summed E-state index contributed by atoms with van der Waals surface area (Å²) in [4.78, 5) is 0. The quantitative estimate of drug-likeness (QED) is 0.267. The van der Waals surface area contributed by atoms with Crippen LogP contribution in [0.3, 0.4) is 0 Å². The number of rotatable bonds is 15. The van der Waals surface area contributed by atoms with Gasteiger partial charge in [0.1, 0.15) is 0 Å². The zero-order valence-electron chi connectivity index (χ0n) is 15.4. The summed E-state index contributed by atoms with van der Waals surface area (Å²) in [6.45, 7) is 4.23. The molecular formula is C17H35KO4S. The summed E-state index contributed by atoms with van der Waals surface area (Å²) in [5, 5.41) is 8.97. The maximum absolute atomic E-state index is 11.3. The maximum atomic E-state index is 11.3. The van der Waals surface area contributed by atoms with Gasteiger partial charge in [0.05, 0.1) is 16.2 Å². The Kier molecular flexibility index (Phi) is 19.7. The molecule has 4 nitrogen and oxygen atoms in total. The molecule has 0 aliphatic carbocycles. The Labute approximate surface area is 186 Å². The average molecular weight is 375 g/mol. The molecule has 0 bridgehead atoms. The smallest absolute Gasteiger partial charge is 0.748 e. The molecule has 0 radical (unpaired) electrons. The second-order valence-electron chi connectivity index (χ2n) is 6.40. The van der Waals surface area contributed by atoms with Crippen LogP contribution in [-0.2, 0) is 10.1 Å². The van der Waals surface area contributed by atoms with E-state index in [0.717, 1.165) is 32.1 Å². The second-order valence-corrected chi connectivity index (χ2v) is 8.05. The summed E-state index contributed by atoms with van der Waals surface area (Å²) in [7, 11) is -4.24. The van der Waals surface area contributed by atoms with E-state index in [-0.39, 0.29) is 51.4 Å². The van der Waals surface area contributed by atoms with Crippen LogP contribution in [0, 0.1) is 0 Å². The van der Waals surface area contributed by atoms with E-state index in [4.69, 9.17) is 0 Å². The Morgan fingerprint density at radius 2 is 1.30 bits per heavy atom. The van der Waals surface area contributed by atoms with E-state index >= 15 is 0 Å². The van der Waals surface area contributed by atoms with Crippen LogP contribution >= 0.6 is 0 Å². The number of aliphatic hydroxyl groups is 1. The zero-order chi connectivity index (χ0) is 16.8. The first kappa shape index (κ1) is 26.7. The van der Waals surface area contributed by atoms with Crippen molar-refractivity contribution in [1.29, 1.82) is 0 Å². The van der Waals surface area contributed by atoms with Gasteiger partial charge < -0.3 is 9.66 Å². The number of unbranched alkanes of at least 4 members (excludes halogenated alkanes) is 7. The monoisotopic (exact) mass is 374 g/mol. The third-order valence-corrected chi connectivity index (χ3v) is 5.54. The van der Waals surface area contributed by atoms with Crippen LogP contribution in [0.2, 0.25) is 0 Å². The van der Waals surface area contributed by atoms with Crippen molar-refractivity contribution in [2.24, 2.45) is 0 Å². The molecular weight excluding hydrogens is 339 g/mol. The summed E-state index contributed by atoms with van der Waals surface area (Å²) >= 11 is 0. The van der Waals surface area contributed by atoms with Gasteiger partial charge in [-0.2, -0.15) is 0 Å². The Hall–Kier alpha value is 1.51. The standard InChI is InChI=1S/C17H36O4S.K/c1-3-5-7-8-9-10-11-13-17(22(19,20)21)15-14-16(18)12-6-4-2;/h16-18H,3-15H2,1-2H3,(H,19,20,21);/q;+1/p-1. The van der Waals surface area contributed by atoms with Crippen molar-refractivity contribution >= 4 is 10.1 Å². The molecule has 0 rings (SSSR count). The molecule has 0 aromatic rings. The van der Waals surface area contributed by atoms with Crippen molar-refractivity contribution in [3.63, 3.8) is 0 Å². The van der Waals surface area contributed by atoms with Gasteiger partial charge in [-0.1, -0.05) is 71.6 Å². The van der Waals surface area contributed by atoms with E-state index in [1.54, 1.807) is 0 Å². The average Bonchev–Trinajstić information content (AvgIpc) is 2.45. The van der Waals surface area contributed by atoms with Crippen LogP contribution in [0.15, 0.2) is 0 Å². The fourth-order valence-corrected chi connectivity index (χ4v) is 3.60. The molecule has 0 saturated heterocycles. The van der Waals surface area contributed by atoms with E-state index < -0.39 is 21.5 Å². The van der Waals surface area contributed by atoms with Gasteiger partial charge in [0.2, 0.25) is 0 Å². The topological polar surface area (TPSA) is 77.4 Å². The molecule has 0 spiro atoms. The molecule has 134 valence electrons. The predicted octanol–water partition coefficient (Wildman–Crippen LogP) is 1.38. The van der Waals surface area contributed by atoms with Gasteiger partial charge in [0.25, 0.3) is 0 Å². The van der Waals surface area contributed by atoms with E-state index in [2.05, 4.69) is 13.8 Å². The molecule has 0 aliphatic rings. The van der Waals surface area contributed by atoms with Gasteiger partial charge in [-0.25, -0.2) is 8.42 Å².